The van der Waals surface area contributed by atoms with Gasteiger partial charge in [0.15, 0.2) is 0 Å². The second-order valence-corrected chi connectivity index (χ2v) is 5.30. The minimum atomic E-state index is 0.0951. The third kappa shape index (κ3) is 1.83. The topological polar surface area (TPSA) is 41.3 Å². The van der Waals surface area contributed by atoms with E-state index < -0.39 is 0 Å². The molecule has 0 spiro atoms. The zero-order chi connectivity index (χ0) is 11.7. The summed E-state index contributed by atoms with van der Waals surface area (Å²) in [7, 11) is 0. The Morgan fingerprint density at radius 3 is 2.88 bits per heavy atom. The van der Waals surface area contributed by atoms with Crippen LogP contribution in [0.15, 0.2) is 30.3 Å². The Bertz CT molecular complexity index is 378. The molecule has 2 atom stereocenters. The SMILES string of the molecule is NCC1(Nc2ccccc2)CCN2CCCC21. The highest BCUT2D eigenvalue weighted by Gasteiger charge is 2.48. The van der Waals surface area contributed by atoms with E-state index in [9.17, 15) is 0 Å². The number of hydrogen-bond acceptors (Lipinski definition) is 3. The van der Waals surface area contributed by atoms with Crippen molar-refractivity contribution in [1.29, 1.82) is 0 Å². The third-order valence-electron chi connectivity index (χ3n) is 4.38. The van der Waals surface area contributed by atoms with Crippen molar-refractivity contribution in [3.8, 4) is 0 Å². The van der Waals surface area contributed by atoms with Crippen molar-refractivity contribution in [3.63, 3.8) is 0 Å². The van der Waals surface area contributed by atoms with Gasteiger partial charge in [0.1, 0.15) is 0 Å². The van der Waals surface area contributed by atoms with E-state index in [1.54, 1.807) is 0 Å². The number of anilines is 1. The van der Waals surface area contributed by atoms with E-state index in [0.717, 1.165) is 6.54 Å². The fourth-order valence-electron chi connectivity index (χ4n) is 3.47. The first-order chi connectivity index (χ1) is 8.34. The molecule has 3 heteroatoms. The van der Waals surface area contributed by atoms with Crippen LogP contribution < -0.4 is 11.1 Å². The van der Waals surface area contributed by atoms with Crippen LogP contribution in [0, 0.1) is 0 Å². The molecule has 2 fully saturated rings. The molecule has 0 aromatic heterocycles. The molecular weight excluding hydrogens is 210 g/mol. The highest BCUT2D eigenvalue weighted by atomic mass is 15.3. The Balaban J connectivity index is 1.83. The second kappa shape index (κ2) is 4.31. The monoisotopic (exact) mass is 231 g/mol. The Morgan fingerprint density at radius 2 is 2.12 bits per heavy atom. The lowest BCUT2D eigenvalue weighted by atomic mass is 9.88. The van der Waals surface area contributed by atoms with Gasteiger partial charge in [0.25, 0.3) is 0 Å². The number of nitrogens with two attached hydrogens (primary N) is 1. The van der Waals surface area contributed by atoms with Crippen molar-refractivity contribution in [3.05, 3.63) is 30.3 Å². The fourth-order valence-corrected chi connectivity index (χ4v) is 3.47. The molecule has 0 bridgehead atoms. The summed E-state index contributed by atoms with van der Waals surface area (Å²) in [4.78, 5) is 2.60. The van der Waals surface area contributed by atoms with Crippen LogP contribution in [-0.2, 0) is 0 Å². The first kappa shape index (κ1) is 11.1. The summed E-state index contributed by atoms with van der Waals surface area (Å²) >= 11 is 0. The molecule has 2 saturated heterocycles. The Labute approximate surface area is 103 Å². The van der Waals surface area contributed by atoms with E-state index in [1.807, 2.05) is 0 Å². The van der Waals surface area contributed by atoms with Crippen LogP contribution in [0.2, 0.25) is 0 Å². The summed E-state index contributed by atoms with van der Waals surface area (Å²) in [5, 5.41) is 3.71. The van der Waals surface area contributed by atoms with Gasteiger partial charge in [-0.25, -0.2) is 0 Å². The van der Waals surface area contributed by atoms with Crippen LogP contribution in [0.3, 0.4) is 0 Å². The molecular formula is C14H21N3. The van der Waals surface area contributed by atoms with Crippen LogP contribution in [0.4, 0.5) is 5.69 Å². The number of nitrogens with zero attached hydrogens (tertiary/aromatic N) is 1. The predicted molar refractivity (Wildman–Crippen MR) is 71.1 cm³/mol. The highest BCUT2D eigenvalue weighted by molar-refractivity contribution is 5.46. The minimum Gasteiger partial charge on any atom is -0.377 e. The van der Waals surface area contributed by atoms with Crippen molar-refractivity contribution >= 4 is 5.69 Å². The summed E-state index contributed by atoms with van der Waals surface area (Å²) in [5.41, 5.74) is 7.38. The van der Waals surface area contributed by atoms with Crippen LogP contribution >= 0.6 is 0 Å². The molecule has 3 rings (SSSR count). The molecule has 2 heterocycles. The van der Waals surface area contributed by atoms with Crippen molar-refractivity contribution in [2.24, 2.45) is 5.73 Å². The van der Waals surface area contributed by atoms with Gasteiger partial charge in [-0.1, -0.05) is 18.2 Å². The quantitative estimate of drug-likeness (QED) is 0.831. The Kier molecular flexibility index (Phi) is 2.81. The van der Waals surface area contributed by atoms with Gasteiger partial charge in [0.2, 0.25) is 0 Å². The molecule has 0 radical (unpaired) electrons. The van der Waals surface area contributed by atoms with Crippen molar-refractivity contribution in [2.45, 2.75) is 30.8 Å². The Hall–Kier alpha value is -1.06. The molecule has 2 aliphatic heterocycles. The maximum atomic E-state index is 6.08. The van der Waals surface area contributed by atoms with Crippen LogP contribution in [0.5, 0.6) is 0 Å². The molecule has 3 nitrogen and oxygen atoms in total. The maximum absolute atomic E-state index is 6.08. The summed E-state index contributed by atoms with van der Waals surface area (Å²) < 4.78 is 0. The number of para-hydroxylation sites is 1. The number of hydrogen-bond donors (Lipinski definition) is 2. The molecule has 17 heavy (non-hydrogen) atoms. The summed E-state index contributed by atoms with van der Waals surface area (Å²) in [6.45, 7) is 3.17. The molecule has 3 N–H and O–H groups in total. The Morgan fingerprint density at radius 1 is 1.29 bits per heavy atom. The zero-order valence-electron chi connectivity index (χ0n) is 10.2. The van der Waals surface area contributed by atoms with Crippen LogP contribution in [-0.4, -0.2) is 36.1 Å². The van der Waals surface area contributed by atoms with E-state index >= 15 is 0 Å². The second-order valence-electron chi connectivity index (χ2n) is 5.30. The summed E-state index contributed by atoms with van der Waals surface area (Å²) in [5.74, 6) is 0. The molecule has 2 aliphatic rings. The molecule has 92 valence electrons. The van der Waals surface area contributed by atoms with E-state index in [1.165, 1.54) is 38.0 Å². The van der Waals surface area contributed by atoms with Gasteiger partial charge >= 0.3 is 0 Å². The average Bonchev–Trinajstić information content (AvgIpc) is 2.95. The van der Waals surface area contributed by atoms with Crippen LogP contribution in [0.1, 0.15) is 19.3 Å². The lowest BCUT2D eigenvalue weighted by molar-refractivity contribution is 0.280. The van der Waals surface area contributed by atoms with Crippen molar-refractivity contribution in [1.82, 2.24) is 4.90 Å². The first-order valence-corrected chi connectivity index (χ1v) is 6.61. The molecule has 0 aliphatic carbocycles. The maximum Gasteiger partial charge on any atom is 0.0662 e. The van der Waals surface area contributed by atoms with Crippen molar-refractivity contribution in [2.75, 3.05) is 25.0 Å². The molecule has 2 unspecified atom stereocenters. The van der Waals surface area contributed by atoms with Gasteiger partial charge in [0.05, 0.1) is 5.54 Å². The van der Waals surface area contributed by atoms with E-state index in [0.29, 0.717) is 6.04 Å². The van der Waals surface area contributed by atoms with E-state index in [4.69, 9.17) is 5.73 Å². The lowest BCUT2D eigenvalue weighted by Crippen LogP contribution is -2.53. The minimum absolute atomic E-state index is 0.0951. The van der Waals surface area contributed by atoms with Gasteiger partial charge in [-0.3, -0.25) is 4.90 Å². The average molecular weight is 231 g/mol. The van der Waals surface area contributed by atoms with Crippen LogP contribution in [0.25, 0.3) is 0 Å². The summed E-state index contributed by atoms with van der Waals surface area (Å²) in [6.07, 6.45) is 3.78. The van der Waals surface area contributed by atoms with Gasteiger partial charge in [-0.05, 0) is 37.9 Å². The normalized spacial score (nSPS) is 32.6. The zero-order valence-corrected chi connectivity index (χ0v) is 10.2. The number of nitrogens with one attached hydrogen (secondary N) is 1. The largest absolute Gasteiger partial charge is 0.377 e. The lowest BCUT2D eigenvalue weighted by Gasteiger charge is -2.36. The number of benzene rings is 1. The van der Waals surface area contributed by atoms with Gasteiger partial charge < -0.3 is 11.1 Å². The van der Waals surface area contributed by atoms with Gasteiger partial charge in [-0.15, -0.1) is 0 Å². The predicted octanol–water partition coefficient (Wildman–Crippen LogP) is 1.66. The number of fused-ring (bicyclic) bond motifs is 1. The fraction of sp³-hybridized carbons (Fsp3) is 0.571. The first-order valence-electron chi connectivity index (χ1n) is 6.61. The summed E-state index contributed by atoms with van der Waals surface area (Å²) in [6, 6.07) is 11.1. The van der Waals surface area contributed by atoms with E-state index in [2.05, 4.69) is 40.5 Å². The molecule has 1 aromatic carbocycles. The third-order valence-corrected chi connectivity index (χ3v) is 4.38. The molecule has 1 aromatic rings. The van der Waals surface area contributed by atoms with Gasteiger partial charge in [-0.2, -0.15) is 0 Å². The van der Waals surface area contributed by atoms with Crippen molar-refractivity contribution < 1.29 is 0 Å². The highest BCUT2D eigenvalue weighted by Crippen LogP contribution is 2.37. The standard InChI is InChI=1S/C14H21N3/c15-11-14(16-12-5-2-1-3-6-12)8-10-17-9-4-7-13(14)17/h1-3,5-6,13,16H,4,7-11,15H2. The smallest absolute Gasteiger partial charge is 0.0662 e. The molecule has 0 saturated carbocycles. The number of rotatable bonds is 3. The van der Waals surface area contributed by atoms with E-state index in [-0.39, 0.29) is 5.54 Å². The van der Waals surface area contributed by atoms with Gasteiger partial charge in [0, 0.05) is 24.8 Å². The molecule has 0 amide bonds.